The molecule has 2 heteroatoms. The van der Waals surface area contributed by atoms with Crippen molar-refractivity contribution in [3.63, 3.8) is 0 Å². The van der Waals surface area contributed by atoms with Crippen LogP contribution in [0.5, 0.6) is 0 Å². The van der Waals surface area contributed by atoms with Gasteiger partial charge >= 0.3 is 0 Å². The lowest BCUT2D eigenvalue weighted by Gasteiger charge is -2.53. The fourth-order valence-corrected chi connectivity index (χ4v) is 6.15. The standard InChI is InChI=1S/C18H26O2/c1-18-9-8-14-13-5-3-12(19)10-11(13)2-4-15(14)16(18)6-7-17(18)20/h10,13-17,20H,2-9H2,1H3/t13-,14+,15-,16-,17-,18-/m0/s1. The summed E-state index contributed by atoms with van der Waals surface area (Å²) < 4.78 is 0. The Kier molecular flexibility index (Phi) is 2.89. The molecule has 4 aliphatic rings. The molecule has 6 atom stereocenters. The number of hydrogen-bond acceptors (Lipinski definition) is 2. The van der Waals surface area contributed by atoms with E-state index in [1.165, 1.54) is 31.3 Å². The second kappa shape index (κ2) is 4.43. The van der Waals surface area contributed by atoms with Gasteiger partial charge in [-0.05, 0) is 80.1 Å². The third kappa shape index (κ3) is 1.70. The normalized spacial score (nSPS) is 51.0. The van der Waals surface area contributed by atoms with E-state index in [4.69, 9.17) is 0 Å². The van der Waals surface area contributed by atoms with Crippen molar-refractivity contribution in [3.8, 4) is 0 Å². The van der Waals surface area contributed by atoms with Crippen LogP contribution in [0.3, 0.4) is 0 Å². The van der Waals surface area contributed by atoms with Gasteiger partial charge in [0.15, 0.2) is 5.78 Å². The second-order valence-corrected chi connectivity index (χ2v) is 7.94. The Morgan fingerprint density at radius 1 is 1.10 bits per heavy atom. The highest BCUT2D eigenvalue weighted by Crippen LogP contribution is 2.61. The lowest BCUT2D eigenvalue weighted by Crippen LogP contribution is -2.47. The lowest BCUT2D eigenvalue weighted by molar-refractivity contribution is -0.116. The van der Waals surface area contributed by atoms with Crippen molar-refractivity contribution >= 4 is 5.78 Å². The minimum Gasteiger partial charge on any atom is -0.393 e. The van der Waals surface area contributed by atoms with Crippen LogP contribution in [0.15, 0.2) is 11.6 Å². The molecule has 0 aromatic heterocycles. The van der Waals surface area contributed by atoms with E-state index in [0.717, 1.165) is 43.4 Å². The maximum absolute atomic E-state index is 11.6. The molecule has 0 spiro atoms. The Labute approximate surface area is 121 Å². The van der Waals surface area contributed by atoms with Crippen molar-refractivity contribution in [3.05, 3.63) is 11.6 Å². The summed E-state index contributed by atoms with van der Waals surface area (Å²) in [4.78, 5) is 11.6. The minimum atomic E-state index is -0.0710. The van der Waals surface area contributed by atoms with E-state index in [0.29, 0.717) is 11.7 Å². The van der Waals surface area contributed by atoms with Gasteiger partial charge in [-0.25, -0.2) is 0 Å². The number of carbonyl (C=O) groups is 1. The molecule has 0 aromatic carbocycles. The molecule has 3 fully saturated rings. The smallest absolute Gasteiger partial charge is 0.155 e. The summed E-state index contributed by atoms with van der Waals surface area (Å²) >= 11 is 0. The highest BCUT2D eigenvalue weighted by Gasteiger charge is 2.55. The fraction of sp³-hybridized carbons (Fsp3) is 0.833. The molecule has 0 unspecified atom stereocenters. The van der Waals surface area contributed by atoms with E-state index in [-0.39, 0.29) is 11.5 Å². The maximum Gasteiger partial charge on any atom is 0.155 e. The minimum absolute atomic E-state index is 0.0710. The molecule has 4 aliphatic carbocycles. The lowest BCUT2D eigenvalue weighted by atomic mass is 9.52. The first-order valence-corrected chi connectivity index (χ1v) is 8.51. The monoisotopic (exact) mass is 274 g/mol. The first kappa shape index (κ1) is 13.1. The van der Waals surface area contributed by atoms with Crippen LogP contribution >= 0.6 is 0 Å². The van der Waals surface area contributed by atoms with E-state index in [1.54, 1.807) is 0 Å². The van der Waals surface area contributed by atoms with Crippen molar-refractivity contribution in [2.75, 3.05) is 0 Å². The zero-order valence-electron chi connectivity index (χ0n) is 12.5. The molecule has 0 heterocycles. The van der Waals surface area contributed by atoms with Crippen LogP contribution in [0.1, 0.15) is 58.3 Å². The second-order valence-electron chi connectivity index (χ2n) is 7.94. The summed E-state index contributed by atoms with van der Waals surface area (Å²) in [7, 11) is 0. The molecule has 3 saturated carbocycles. The number of aliphatic hydroxyl groups excluding tert-OH is 1. The summed E-state index contributed by atoms with van der Waals surface area (Å²) in [6, 6.07) is 0. The molecule has 4 rings (SSSR count). The molecule has 0 aliphatic heterocycles. The third-order valence-electron chi connectivity index (χ3n) is 7.25. The van der Waals surface area contributed by atoms with Gasteiger partial charge in [0.05, 0.1) is 6.10 Å². The quantitative estimate of drug-likeness (QED) is 0.734. The highest BCUT2D eigenvalue weighted by molar-refractivity contribution is 5.91. The van der Waals surface area contributed by atoms with E-state index < -0.39 is 0 Å². The molecular formula is C18H26O2. The summed E-state index contributed by atoms with van der Waals surface area (Å²) in [5.41, 5.74) is 1.65. The first-order chi connectivity index (χ1) is 9.59. The number of carbonyl (C=O) groups excluding carboxylic acids is 1. The van der Waals surface area contributed by atoms with Gasteiger partial charge in [0.1, 0.15) is 0 Å². The number of allylic oxidation sites excluding steroid dienone is 1. The average molecular weight is 274 g/mol. The Hall–Kier alpha value is -0.630. The van der Waals surface area contributed by atoms with Crippen molar-refractivity contribution < 1.29 is 9.90 Å². The molecule has 0 bridgehead atoms. The van der Waals surface area contributed by atoms with Gasteiger partial charge in [0.25, 0.3) is 0 Å². The summed E-state index contributed by atoms with van der Waals surface area (Å²) in [6.07, 6.45) is 10.9. The van der Waals surface area contributed by atoms with Gasteiger partial charge in [-0.2, -0.15) is 0 Å². The van der Waals surface area contributed by atoms with Gasteiger partial charge in [-0.1, -0.05) is 12.5 Å². The molecule has 0 aromatic rings. The van der Waals surface area contributed by atoms with Gasteiger partial charge in [0, 0.05) is 6.42 Å². The Morgan fingerprint density at radius 3 is 2.80 bits per heavy atom. The molecule has 0 saturated heterocycles. The molecule has 0 amide bonds. The number of hydrogen-bond donors (Lipinski definition) is 1. The van der Waals surface area contributed by atoms with E-state index >= 15 is 0 Å². The Balaban J connectivity index is 1.63. The first-order valence-electron chi connectivity index (χ1n) is 8.51. The van der Waals surface area contributed by atoms with E-state index in [2.05, 4.69) is 6.92 Å². The Morgan fingerprint density at radius 2 is 1.95 bits per heavy atom. The number of rotatable bonds is 0. The van der Waals surface area contributed by atoms with Crippen LogP contribution in [0.2, 0.25) is 0 Å². The molecular weight excluding hydrogens is 248 g/mol. The van der Waals surface area contributed by atoms with Gasteiger partial charge < -0.3 is 5.11 Å². The van der Waals surface area contributed by atoms with Crippen LogP contribution in [0.4, 0.5) is 0 Å². The molecule has 1 N–H and O–H groups in total. The van der Waals surface area contributed by atoms with Gasteiger partial charge in [-0.15, -0.1) is 0 Å². The van der Waals surface area contributed by atoms with Crippen LogP contribution in [0.25, 0.3) is 0 Å². The molecule has 110 valence electrons. The van der Waals surface area contributed by atoms with Crippen LogP contribution in [-0.2, 0) is 4.79 Å². The summed E-state index contributed by atoms with van der Waals surface area (Å²) in [5, 5.41) is 10.4. The van der Waals surface area contributed by atoms with Crippen molar-refractivity contribution in [1.29, 1.82) is 0 Å². The van der Waals surface area contributed by atoms with E-state index in [9.17, 15) is 9.90 Å². The maximum atomic E-state index is 11.6. The highest BCUT2D eigenvalue weighted by atomic mass is 16.3. The van der Waals surface area contributed by atoms with Crippen molar-refractivity contribution in [2.24, 2.45) is 29.1 Å². The number of aliphatic hydroxyl groups is 1. The van der Waals surface area contributed by atoms with Crippen LogP contribution in [0, 0.1) is 29.1 Å². The van der Waals surface area contributed by atoms with Crippen molar-refractivity contribution in [2.45, 2.75) is 64.4 Å². The predicted octanol–water partition coefficient (Wildman–Crippen LogP) is 3.49. The Bertz CT molecular complexity index is 466. The van der Waals surface area contributed by atoms with Crippen LogP contribution < -0.4 is 0 Å². The number of fused-ring (bicyclic) bond motifs is 5. The summed E-state index contributed by atoms with van der Waals surface area (Å²) in [6.45, 7) is 2.33. The van der Waals surface area contributed by atoms with Gasteiger partial charge in [-0.3, -0.25) is 4.79 Å². The zero-order valence-corrected chi connectivity index (χ0v) is 12.5. The average Bonchev–Trinajstić information content (AvgIpc) is 2.74. The van der Waals surface area contributed by atoms with Crippen LogP contribution in [-0.4, -0.2) is 17.0 Å². The largest absolute Gasteiger partial charge is 0.393 e. The van der Waals surface area contributed by atoms with E-state index in [1.807, 2.05) is 6.08 Å². The fourth-order valence-electron chi connectivity index (χ4n) is 6.15. The molecule has 20 heavy (non-hydrogen) atoms. The molecule has 2 nitrogen and oxygen atoms in total. The summed E-state index contributed by atoms with van der Waals surface area (Å²) in [5.74, 6) is 3.38. The van der Waals surface area contributed by atoms with Crippen molar-refractivity contribution in [1.82, 2.24) is 0 Å². The SMILES string of the molecule is C[C@]12CC[C@H]3[C@H](CCC4=CC(=O)CC[C@@H]43)[C@@H]1CC[C@@H]2O. The predicted molar refractivity (Wildman–Crippen MR) is 78.1 cm³/mol. The number of ketones is 1. The third-order valence-corrected chi connectivity index (χ3v) is 7.25. The topological polar surface area (TPSA) is 37.3 Å². The molecule has 0 radical (unpaired) electrons. The zero-order chi connectivity index (χ0) is 13.9. The van der Waals surface area contributed by atoms with Gasteiger partial charge in [0.2, 0.25) is 0 Å².